The zero-order valence-corrected chi connectivity index (χ0v) is 13.0. The van der Waals surface area contributed by atoms with E-state index in [2.05, 4.69) is 67.0 Å². The lowest BCUT2D eigenvalue weighted by molar-refractivity contribution is 0.634. The van der Waals surface area contributed by atoms with Crippen LogP contribution in [0, 0.1) is 0 Å². The molecule has 0 saturated carbocycles. The lowest BCUT2D eigenvalue weighted by Gasteiger charge is -2.25. The summed E-state index contributed by atoms with van der Waals surface area (Å²) >= 11 is 0. The molecule has 3 rings (SSSR count). The number of hydrogen-bond donors (Lipinski definition) is 1. The molecule has 20 heavy (non-hydrogen) atoms. The second kappa shape index (κ2) is 4.72. The Balaban J connectivity index is 2.10. The van der Waals surface area contributed by atoms with Crippen LogP contribution < -0.4 is 10.2 Å². The fourth-order valence-corrected chi connectivity index (χ4v) is 3.08. The van der Waals surface area contributed by atoms with Crippen LogP contribution in [0.1, 0.15) is 33.6 Å². The number of rotatable bonds is 2. The lowest BCUT2D eigenvalue weighted by Crippen LogP contribution is -2.26. The summed E-state index contributed by atoms with van der Waals surface area (Å²) in [5, 5.41) is 4.98. The first-order valence-corrected chi connectivity index (χ1v) is 7.56. The SMILES string of the molecule is Cn1ccc2c(N3CCCC3)cc(NC(C)(C)C)cc21. The zero-order valence-electron chi connectivity index (χ0n) is 13.0. The Morgan fingerprint density at radius 3 is 2.45 bits per heavy atom. The van der Waals surface area contributed by atoms with Gasteiger partial charge in [0.1, 0.15) is 0 Å². The summed E-state index contributed by atoms with van der Waals surface area (Å²) in [6.45, 7) is 8.99. The third-order valence-electron chi connectivity index (χ3n) is 3.95. The molecular weight excluding hydrogens is 246 g/mol. The normalized spacial score (nSPS) is 16.1. The van der Waals surface area contributed by atoms with E-state index in [0.29, 0.717) is 0 Å². The molecule has 1 N–H and O–H groups in total. The highest BCUT2D eigenvalue weighted by Gasteiger charge is 2.18. The van der Waals surface area contributed by atoms with E-state index in [9.17, 15) is 0 Å². The van der Waals surface area contributed by atoms with Crippen molar-refractivity contribution in [3.63, 3.8) is 0 Å². The van der Waals surface area contributed by atoms with Gasteiger partial charge < -0.3 is 14.8 Å². The van der Waals surface area contributed by atoms with Crippen LogP contribution in [0.3, 0.4) is 0 Å². The third kappa shape index (κ3) is 2.49. The van der Waals surface area contributed by atoms with E-state index < -0.39 is 0 Å². The quantitative estimate of drug-likeness (QED) is 0.891. The van der Waals surface area contributed by atoms with E-state index in [1.165, 1.54) is 48.2 Å². The summed E-state index contributed by atoms with van der Waals surface area (Å²) in [5.41, 5.74) is 3.99. The standard InChI is InChI=1S/C17H25N3/c1-17(2,3)18-13-11-15-14(7-10-19(15)4)16(12-13)20-8-5-6-9-20/h7,10-12,18H,5-6,8-9H2,1-4H3. The van der Waals surface area contributed by atoms with Crippen LogP contribution >= 0.6 is 0 Å². The van der Waals surface area contributed by atoms with Crippen molar-refractivity contribution in [2.24, 2.45) is 7.05 Å². The van der Waals surface area contributed by atoms with Crippen molar-refractivity contribution in [2.45, 2.75) is 39.2 Å². The van der Waals surface area contributed by atoms with Gasteiger partial charge in [0.25, 0.3) is 0 Å². The Morgan fingerprint density at radius 1 is 1.10 bits per heavy atom. The highest BCUT2D eigenvalue weighted by Crippen LogP contribution is 2.34. The Morgan fingerprint density at radius 2 is 1.80 bits per heavy atom. The van der Waals surface area contributed by atoms with E-state index in [-0.39, 0.29) is 5.54 Å². The van der Waals surface area contributed by atoms with Crippen molar-refractivity contribution in [1.82, 2.24) is 4.57 Å². The number of hydrogen-bond acceptors (Lipinski definition) is 2. The molecule has 1 aliphatic rings. The summed E-state index contributed by atoms with van der Waals surface area (Å²) < 4.78 is 2.21. The number of anilines is 2. The molecule has 2 aromatic rings. The molecule has 1 fully saturated rings. The molecule has 3 nitrogen and oxygen atoms in total. The van der Waals surface area contributed by atoms with Crippen molar-refractivity contribution in [2.75, 3.05) is 23.3 Å². The van der Waals surface area contributed by atoms with E-state index in [1.807, 2.05) is 0 Å². The number of fused-ring (bicyclic) bond motifs is 1. The molecule has 1 saturated heterocycles. The average Bonchev–Trinajstić information content (AvgIpc) is 2.97. The Labute approximate surface area is 121 Å². The largest absolute Gasteiger partial charge is 0.380 e. The number of aromatic nitrogens is 1. The van der Waals surface area contributed by atoms with Crippen LogP contribution in [0.2, 0.25) is 0 Å². The molecule has 0 radical (unpaired) electrons. The number of nitrogens with zero attached hydrogens (tertiary/aromatic N) is 2. The molecule has 2 heterocycles. The molecule has 3 heteroatoms. The maximum atomic E-state index is 3.61. The van der Waals surface area contributed by atoms with E-state index in [0.717, 1.165) is 0 Å². The lowest BCUT2D eigenvalue weighted by atomic mass is 10.1. The van der Waals surface area contributed by atoms with Gasteiger partial charge in [0.05, 0.1) is 5.52 Å². The Hall–Kier alpha value is -1.64. The third-order valence-corrected chi connectivity index (χ3v) is 3.95. The van der Waals surface area contributed by atoms with Crippen molar-refractivity contribution in [3.8, 4) is 0 Å². The minimum Gasteiger partial charge on any atom is -0.380 e. The van der Waals surface area contributed by atoms with Crippen molar-refractivity contribution >= 4 is 22.3 Å². The minimum absolute atomic E-state index is 0.0844. The number of nitrogens with one attached hydrogen (secondary N) is 1. The predicted octanol–water partition coefficient (Wildman–Crippen LogP) is 3.99. The summed E-state index contributed by atoms with van der Waals surface area (Å²) in [4.78, 5) is 2.52. The number of benzene rings is 1. The van der Waals surface area contributed by atoms with Gasteiger partial charge in [-0.15, -0.1) is 0 Å². The Bertz CT molecular complexity index is 613. The van der Waals surface area contributed by atoms with Gasteiger partial charge >= 0.3 is 0 Å². The minimum atomic E-state index is 0.0844. The zero-order chi connectivity index (χ0) is 14.3. The fourth-order valence-electron chi connectivity index (χ4n) is 3.08. The van der Waals surface area contributed by atoms with Gasteiger partial charge in [-0.05, 0) is 51.8 Å². The molecular formula is C17H25N3. The molecule has 0 unspecified atom stereocenters. The first-order valence-electron chi connectivity index (χ1n) is 7.56. The van der Waals surface area contributed by atoms with Gasteiger partial charge in [0.15, 0.2) is 0 Å². The smallest absolute Gasteiger partial charge is 0.0519 e. The first kappa shape index (κ1) is 13.3. The molecule has 1 aromatic carbocycles. The molecule has 0 bridgehead atoms. The van der Waals surface area contributed by atoms with Crippen molar-refractivity contribution in [3.05, 3.63) is 24.4 Å². The molecule has 1 aliphatic heterocycles. The maximum absolute atomic E-state index is 3.61. The van der Waals surface area contributed by atoms with E-state index in [1.54, 1.807) is 0 Å². The van der Waals surface area contributed by atoms with Crippen LogP contribution in [0.25, 0.3) is 10.9 Å². The van der Waals surface area contributed by atoms with E-state index in [4.69, 9.17) is 0 Å². The van der Waals surface area contributed by atoms with Gasteiger partial charge in [-0.1, -0.05) is 0 Å². The van der Waals surface area contributed by atoms with Crippen LogP contribution in [0.4, 0.5) is 11.4 Å². The topological polar surface area (TPSA) is 20.2 Å². The monoisotopic (exact) mass is 271 g/mol. The highest BCUT2D eigenvalue weighted by molar-refractivity contribution is 5.96. The van der Waals surface area contributed by atoms with Crippen molar-refractivity contribution < 1.29 is 0 Å². The van der Waals surface area contributed by atoms with E-state index >= 15 is 0 Å². The van der Waals surface area contributed by atoms with Crippen molar-refractivity contribution in [1.29, 1.82) is 0 Å². The van der Waals surface area contributed by atoms with Crippen LogP contribution in [-0.2, 0) is 7.05 Å². The fraction of sp³-hybridized carbons (Fsp3) is 0.529. The molecule has 0 spiro atoms. The molecule has 0 atom stereocenters. The predicted molar refractivity (Wildman–Crippen MR) is 87.7 cm³/mol. The second-order valence-electron chi connectivity index (χ2n) is 6.92. The van der Waals surface area contributed by atoms with Crippen LogP contribution in [-0.4, -0.2) is 23.2 Å². The molecule has 1 aromatic heterocycles. The summed E-state index contributed by atoms with van der Waals surface area (Å²) in [5.74, 6) is 0. The van der Waals surface area contributed by atoms with Gasteiger partial charge in [0, 0.05) is 48.6 Å². The van der Waals surface area contributed by atoms with Gasteiger partial charge in [-0.3, -0.25) is 0 Å². The summed E-state index contributed by atoms with van der Waals surface area (Å²) in [7, 11) is 2.12. The van der Waals surface area contributed by atoms with Gasteiger partial charge in [-0.25, -0.2) is 0 Å². The molecule has 0 amide bonds. The van der Waals surface area contributed by atoms with Gasteiger partial charge in [-0.2, -0.15) is 0 Å². The first-order chi connectivity index (χ1) is 9.44. The molecule has 108 valence electrons. The van der Waals surface area contributed by atoms with Gasteiger partial charge in [0.2, 0.25) is 0 Å². The van der Waals surface area contributed by atoms with Crippen LogP contribution in [0.5, 0.6) is 0 Å². The molecule has 0 aliphatic carbocycles. The Kier molecular flexibility index (Phi) is 3.15. The summed E-state index contributed by atoms with van der Waals surface area (Å²) in [6.07, 6.45) is 4.78. The summed E-state index contributed by atoms with van der Waals surface area (Å²) in [6, 6.07) is 6.82. The average molecular weight is 271 g/mol. The highest BCUT2D eigenvalue weighted by atomic mass is 15.1. The maximum Gasteiger partial charge on any atom is 0.0519 e. The second-order valence-corrected chi connectivity index (χ2v) is 6.92. The number of aryl methyl sites for hydroxylation is 1. The van der Waals surface area contributed by atoms with Crippen LogP contribution in [0.15, 0.2) is 24.4 Å².